The van der Waals surface area contributed by atoms with Crippen molar-refractivity contribution in [1.29, 1.82) is 0 Å². The zero-order valence-corrected chi connectivity index (χ0v) is 13.7. The molecule has 21 heavy (non-hydrogen) atoms. The molecule has 0 aliphatic rings. The first kappa shape index (κ1) is 15.5. The van der Waals surface area contributed by atoms with Crippen LogP contribution in [0.5, 0.6) is 0 Å². The number of nitrogens with one attached hydrogen (secondary N) is 2. The van der Waals surface area contributed by atoms with Crippen LogP contribution in [-0.4, -0.2) is 33.7 Å². The summed E-state index contributed by atoms with van der Waals surface area (Å²) in [5.74, 6) is -0.0704. The van der Waals surface area contributed by atoms with Gasteiger partial charge >= 0.3 is 0 Å². The van der Waals surface area contributed by atoms with Crippen LogP contribution in [0.4, 0.5) is 5.00 Å². The molecule has 0 unspecified atom stereocenters. The van der Waals surface area contributed by atoms with Gasteiger partial charge in [-0.2, -0.15) is 9.47 Å². The van der Waals surface area contributed by atoms with Gasteiger partial charge in [0.05, 0.1) is 17.0 Å². The summed E-state index contributed by atoms with van der Waals surface area (Å²) in [6.07, 6.45) is 0.846. The fraction of sp³-hybridized carbons (Fsp3) is 0.500. The minimum Gasteiger partial charge on any atom is -0.378 e. The molecule has 2 heterocycles. The lowest BCUT2D eigenvalue weighted by Crippen LogP contribution is -2.26. The van der Waals surface area contributed by atoms with Gasteiger partial charge in [0.25, 0.3) is 5.91 Å². The van der Waals surface area contributed by atoms with Crippen LogP contribution in [-0.2, 0) is 6.54 Å². The molecule has 114 valence electrons. The highest BCUT2D eigenvalue weighted by Crippen LogP contribution is 2.23. The number of nitrogens with zero attached hydrogens (tertiary/aromatic N) is 3. The van der Waals surface area contributed by atoms with E-state index in [0.29, 0.717) is 12.1 Å². The Bertz CT molecular complexity index is 631. The molecule has 0 spiro atoms. The van der Waals surface area contributed by atoms with Crippen LogP contribution >= 0.6 is 11.5 Å². The van der Waals surface area contributed by atoms with Crippen molar-refractivity contribution in [2.75, 3.05) is 18.9 Å². The molecule has 0 aliphatic carbocycles. The molecule has 0 fully saturated rings. The highest BCUT2D eigenvalue weighted by Gasteiger charge is 2.16. The van der Waals surface area contributed by atoms with Gasteiger partial charge in [-0.1, -0.05) is 0 Å². The molecule has 0 bridgehead atoms. The molecule has 0 radical (unpaired) electrons. The van der Waals surface area contributed by atoms with Crippen LogP contribution in [0.1, 0.15) is 33.9 Å². The van der Waals surface area contributed by atoms with Gasteiger partial charge in [-0.3, -0.25) is 9.48 Å². The molecule has 0 aromatic carbocycles. The summed E-state index contributed by atoms with van der Waals surface area (Å²) in [5, 5.41) is 11.2. The van der Waals surface area contributed by atoms with E-state index < -0.39 is 0 Å². The molecule has 2 aromatic heterocycles. The second-order valence-corrected chi connectivity index (χ2v) is 5.76. The smallest absolute Gasteiger partial charge is 0.256 e. The molecular formula is C14H21N5OS. The number of hydrogen-bond acceptors (Lipinski definition) is 5. The second kappa shape index (κ2) is 6.71. The van der Waals surface area contributed by atoms with E-state index in [9.17, 15) is 4.79 Å². The van der Waals surface area contributed by atoms with Crippen LogP contribution in [0.25, 0.3) is 0 Å². The Morgan fingerprint density at radius 2 is 2.14 bits per heavy atom. The van der Waals surface area contributed by atoms with Crippen molar-refractivity contribution < 1.29 is 4.79 Å². The summed E-state index contributed by atoms with van der Waals surface area (Å²) in [4.78, 5) is 12.2. The first-order valence-corrected chi connectivity index (χ1v) is 7.73. The van der Waals surface area contributed by atoms with Gasteiger partial charge in [0.2, 0.25) is 0 Å². The van der Waals surface area contributed by atoms with E-state index in [4.69, 9.17) is 0 Å². The van der Waals surface area contributed by atoms with Gasteiger partial charge in [-0.25, -0.2) is 0 Å². The van der Waals surface area contributed by atoms with E-state index in [1.807, 2.05) is 25.5 Å². The summed E-state index contributed by atoms with van der Waals surface area (Å²) in [7, 11) is 1.80. The minimum absolute atomic E-state index is 0.0704. The number of amides is 1. The van der Waals surface area contributed by atoms with Gasteiger partial charge in [-0.15, -0.1) is 0 Å². The normalized spacial score (nSPS) is 10.7. The number of aryl methyl sites for hydroxylation is 4. The number of anilines is 1. The quantitative estimate of drug-likeness (QED) is 0.802. The molecule has 7 heteroatoms. The van der Waals surface area contributed by atoms with E-state index in [1.54, 1.807) is 7.05 Å². The molecule has 0 saturated heterocycles. The number of aromatic nitrogens is 3. The van der Waals surface area contributed by atoms with Crippen LogP contribution in [0.15, 0.2) is 6.07 Å². The monoisotopic (exact) mass is 307 g/mol. The number of carbonyl (C=O) groups excluding carboxylic acids is 1. The highest BCUT2D eigenvalue weighted by molar-refractivity contribution is 7.10. The van der Waals surface area contributed by atoms with E-state index in [2.05, 4.69) is 26.2 Å². The molecule has 2 rings (SSSR count). The second-order valence-electron chi connectivity index (χ2n) is 4.98. The third-order valence-electron chi connectivity index (χ3n) is 3.25. The maximum atomic E-state index is 12.2. The number of hydrogen-bond donors (Lipinski definition) is 2. The van der Waals surface area contributed by atoms with E-state index in [-0.39, 0.29) is 5.91 Å². The average molecular weight is 307 g/mol. The van der Waals surface area contributed by atoms with E-state index >= 15 is 0 Å². The Balaban J connectivity index is 1.84. The minimum atomic E-state index is -0.0704. The van der Waals surface area contributed by atoms with Crippen LogP contribution in [0, 0.1) is 20.8 Å². The molecule has 0 atom stereocenters. The summed E-state index contributed by atoms with van der Waals surface area (Å²) in [6, 6.07) is 2.05. The van der Waals surface area contributed by atoms with Crippen molar-refractivity contribution in [2.24, 2.45) is 0 Å². The summed E-state index contributed by atoms with van der Waals surface area (Å²) >= 11 is 1.31. The Kier molecular flexibility index (Phi) is 4.95. The first-order chi connectivity index (χ1) is 10.0. The van der Waals surface area contributed by atoms with Gasteiger partial charge in [-0.05, 0) is 44.8 Å². The number of rotatable bonds is 6. The lowest BCUT2D eigenvalue weighted by atomic mass is 10.2. The third kappa shape index (κ3) is 3.60. The molecule has 0 aliphatic heterocycles. The zero-order chi connectivity index (χ0) is 15.4. The summed E-state index contributed by atoms with van der Waals surface area (Å²) in [5.41, 5.74) is 3.58. The first-order valence-electron chi connectivity index (χ1n) is 6.96. The fourth-order valence-corrected chi connectivity index (χ4v) is 2.97. The van der Waals surface area contributed by atoms with Crippen LogP contribution in [0.3, 0.4) is 0 Å². The van der Waals surface area contributed by atoms with Gasteiger partial charge in [0, 0.05) is 25.8 Å². The average Bonchev–Trinajstić information content (AvgIpc) is 2.97. The molecule has 2 N–H and O–H groups in total. The standard InChI is InChI=1S/C14H21N5OS/c1-9-8-10(2)19(17-9)7-5-6-16-13(20)12-11(3)18-21-14(12)15-4/h8,15H,5-7H2,1-4H3,(H,16,20). The Labute approximate surface area is 128 Å². The summed E-state index contributed by atoms with van der Waals surface area (Å²) < 4.78 is 6.17. The van der Waals surface area contributed by atoms with Crippen molar-refractivity contribution in [3.63, 3.8) is 0 Å². The Hall–Kier alpha value is -1.89. The maximum absolute atomic E-state index is 12.2. The van der Waals surface area contributed by atoms with Crippen LogP contribution in [0.2, 0.25) is 0 Å². The highest BCUT2D eigenvalue weighted by atomic mass is 32.1. The predicted molar refractivity (Wildman–Crippen MR) is 85.0 cm³/mol. The van der Waals surface area contributed by atoms with Crippen molar-refractivity contribution >= 4 is 22.4 Å². The molecule has 6 nitrogen and oxygen atoms in total. The van der Waals surface area contributed by atoms with Crippen molar-refractivity contribution in [2.45, 2.75) is 33.7 Å². The van der Waals surface area contributed by atoms with Gasteiger partial charge in [0.15, 0.2) is 0 Å². The fourth-order valence-electron chi connectivity index (χ4n) is 2.23. The van der Waals surface area contributed by atoms with Gasteiger partial charge < -0.3 is 10.6 Å². The largest absolute Gasteiger partial charge is 0.378 e. The molecule has 1 amide bonds. The topological polar surface area (TPSA) is 71.8 Å². The molecular weight excluding hydrogens is 286 g/mol. The van der Waals surface area contributed by atoms with Crippen LogP contribution < -0.4 is 10.6 Å². The third-order valence-corrected chi connectivity index (χ3v) is 4.21. The SMILES string of the molecule is CNc1snc(C)c1C(=O)NCCCn1nc(C)cc1C. The van der Waals surface area contributed by atoms with Gasteiger partial charge in [0.1, 0.15) is 5.00 Å². The predicted octanol–water partition coefficient (Wildman–Crippen LogP) is 2.13. The van der Waals surface area contributed by atoms with E-state index in [0.717, 1.165) is 35.0 Å². The lowest BCUT2D eigenvalue weighted by molar-refractivity contribution is 0.0953. The van der Waals surface area contributed by atoms with Crippen molar-refractivity contribution in [3.8, 4) is 0 Å². The summed E-state index contributed by atoms with van der Waals surface area (Å²) in [6.45, 7) is 7.30. The maximum Gasteiger partial charge on any atom is 0.256 e. The molecule has 2 aromatic rings. The lowest BCUT2D eigenvalue weighted by Gasteiger charge is -2.07. The van der Waals surface area contributed by atoms with Crippen molar-refractivity contribution in [1.82, 2.24) is 19.5 Å². The number of carbonyl (C=O) groups is 1. The van der Waals surface area contributed by atoms with Crippen molar-refractivity contribution in [3.05, 3.63) is 28.7 Å². The Morgan fingerprint density at radius 3 is 2.76 bits per heavy atom. The van der Waals surface area contributed by atoms with E-state index in [1.165, 1.54) is 11.5 Å². The Morgan fingerprint density at radius 1 is 1.38 bits per heavy atom. The molecule has 0 saturated carbocycles. The zero-order valence-electron chi connectivity index (χ0n) is 12.9.